The van der Waals surface area contributed by atoms with Gasteiger partial charge in [-0.3, -0.25) is 4.79 Å². The molecule has 0 bridgehead atoms. The third-order valence-electron chi connectivity index (χ3n) is 4.04. The summed E-state index contributed by atoms with van der Waals surface area (Å²) in [6.45, 7) is 4.20. The molecule has 0 radical (unpaired) electrons. The van der Waals surface area contributed by atoms with Crippen LogP contribution in [0.25, 0.3) is 0 Å². The molecular weight excluding hydrogens is 326 g/mol. The first-order valence-electron chi connectivity index (χ1n) is 8.02. The average Bonchev–Trinajstić information content (AvgIpc) is 3.27. The van der Waals surface area contributed by atoms with Crippen LogP contribution in [-0.4, -0.2) is 56.5 Å². The van der Waals surface area contributed by atoms with E-state index in [0.29, 0.717) is 11.7 Å². The van der Waals surface area contributed by atoms with Gasteiger partial charge < -0.3 is 9.64 Å². The van der Waals surface area contributed by atoms with Crippen molar-refractivity contribution in [3.8, 4) is 5.75 Å². The summed E-state index contributed by atoms with van der Waals surface area (Å²) in [7, 11) is 1.64. The SMILES string of the molecule is COc1ccc(Cn2nnnc2SC(C)C(=O)N2CCCC2)cc1. The van der Waals surface area contributed by atoms with Crippen LogP contribution in [0, 0.1) is 0 Å². The van der Waals surface area contributed by atoms with Crippen LogP contribution in [0.2, 0.25) is 0 Å². The Morgan fingerprint density at radius 1 is 1.29 bits per heavy atom. The first kappa shape index (κ1) is 16.8. The van der Waals surface area contributed by atoms with Gasteiger partial charge in [0.2, 0.25) is 11.1 Å². The first-order chi connectivity index (χ1) is 11.7. The Labute approximate surface area is 145 Å². The van der Waals surface area contributed by atoms with Crippen molar-refractivity contribution in [1.82, 2.24) is 25.1 Å². The fourth-order valence-electron chi connectivity index (χ4n) is 2.69. The molecule has 1 atom stereocenters. The number of rotatable bonds is 6. The second kappa shape index (κ2) is 7.65. The molecular formula is C16H21N5O2S. The molecule has 7 nitrogen and oxygen atoms in total. The Kier molecular flexibility index (Phi) is 5.34. The number of amides is 1. The quantitative estimate of drug-likeness (QED) is 0.743. The number of carbonyl (C=O) groups is 1. The summed E-state index contributed by atoms with van der Waals surface area (Å²) in [6, 6.07) is 7.78. The number of ether oxygens (including phenoxy) is 1. The zero-order valence-corrected chi connectivity index (χ0v) is 14.7. The smallest absolute Gasteiger partial charge is 0.235 e. The zero-order valence-electron chi connectivity index (χ0n) is 13.9. The maximum atomic E-state index is 12.4. The Morgan fingerprint density at radius 2 is 2.00 bits per heavy atom. The van der Waals surface area contributed by atoms with Crippen molar-refractivity contribution in [3.63, 3.8) is 0 Å². The lowest BCUT2D eigenvalue weighted by Gasteiger charge is -2.19. The van der Waals surface area contributed by atoms with Crippen LogP contribution in [0.15, 0.2) is 29.4 Å². The molecule has 1 saturated heterocycles. The lowest BCUT2D eigenvalue weighted by Crippen LogP contribution is -2.34. The van der Waals surface area contributed by atoms with E-state index >= 15 is 0 Å². The number of methoxy groups -OCH3 is 1. The molecule has 128 valence electrons. The minimum atomic E-state index is -0.191. The summed E-state index contributed by atoms with van der Waals surface area (Å²) in [4.78, 5) is 14.4. The third kappa shape index (κ3) is 3.87. The largest absolute Gasteiger partial charge is 0.497 e. The Balaban J connectivity index is 1.64. The van der Waals surface area contributed by atoms with Crippen molar-refractivity contribution in [2.45, 2.75) is 36.7 Å². The highest BCUT2D eigenvalue weighted by Crippen LogP contribution is 2.24. The molecule has 24 heavy (non-hydrogen) atoms. The molecule has 2 heterocycles. The van der Waals surface area contributed by atoms with Crippen LogP contribution >= 0.6 is 11.8 Å². The number of hydrogen-bond donors (Lipinski definition) is 0. The van der Waals surface area contributed by atoms with Gasteiger partial charge in [-0.15, -0.1) is 5.10 Å². The molecule has 1 unspecified atom stereocenters. The predicted octanol–water partition coefficient (Wildman–Crippen LogP) is 1.83. The molecule has 1 fully saturated rings. The number of tetrazole rings is 1. The average molecular weight is 347 g/mol. The topological polar surface area (TPSA) is 73.1 Å². The van der Waals surface area contributed by atoms with E-state index in [9.17, 15) is 4.79 Å². The number of hydrogen-bond acceptors (Lipinski definition) is 6. The molecule has 0 spiro atoms. The van der Waals surface area contributed by atoms with Gasteiger partial charge in [0.05, 0.1) is 18.9 Å². The number of nitrogens with zero attached hydrogens (tertiary/aromatic N) is 5. The highest BCUT2D eigenvalue weighted by molar-refractivity contribution is 8.00. The molecule has 0 aliphatic carbocycles. The standard InChI is InChI=1S/C16H21N5O2S/c1-12(15(22)20-9-3-4-10-20)24-16-17-18-19-21(16)11-13-5-7-14(23-2)8-6-13/h5-8,12H,3-4,9-11H2,1-2H3. The number of likely N-dealkylation sites (tertiary alicyclic amines) is 1. The lowest BCUT2D eigenvalue weighted by atomic mass is 10.2. The maximum absolute atomic E-state index is 12.4. The minimum Gasteiger partial charge on any atom is -0.497 e. The number of benzene rings is 1. The van der Waals surface area contributed by atoms with Gasteiger partial charge in [-0.1, -0.05) is 23.9 Å². The van der Waals surface area contributed by atoms with E-state index in [-0.39, 0.29) is 11.2 Å². The van der Waals surface area contributed by atoms with Crippen molar-refractivity contribution in [2.24, 2.45) is 0 Å². The van der Waals surface area contributed by atoms with Crippen molar-refractivity contribution in [1.29, 1.82) is 0 Å². The van der Waals surface area contributed by atoms with Gasteiger partial charge in [0.15, 0.2) is 0 Å². The summed E-state index contributed by atoms with van der Waals surface area (Å²) in [6.07, 6.45) is 2.19. The van der Waals surface area contributed by atoms with Crippen LogP contribution in [0.4, 0.5) is 0 Å². The molecule has 1 amide bonds. The van der Waals surface area contributed by atoms with Gasteiger partial charge >= 0.3 is 0 Å². The molecule has 0 saturated carbocycles. The van der Waals surface area contributed by atoms with Gasteiger partial charge in [0.25, 0.3) is 0 Å². The van der Waals surface area contributed by atoms with E-state index in [1.165, 1.54) is 11.8 Å². The van der Waals surface area contributed by atoms with Crippen LogP contribution in [-0.2, 0) is 11.3 Å². The van der Waals surface area contributed by atoms with Gasteiger partial charge in [-0.25, -0.2) is 4.68 Å². The van der Waals surface area contributed by atoms with Crippen LogP contribution in [0.5, 0.6) is 5.75 Å². The summed E-state index contributed by atoms with van der Waals surface area (Å²) in [5, 5.41) is 12.3. The van der Waals surface area contributed by atoms with Gasteiger partial charge in [0, 0.05) is 13.1 Å². The Hall–Kier alpha value is -2.09. The second-order valence-electron chi connectivity index (χ2n) is 5.76. The Bertz CT molecular complexity index is 682. The van der Waals surface area contributed by atoms with Gasteiger partial charge in [-0.05, 0) is 47.9 Å². The fraction of sp³-hybridized carbons (Fsp3) is 0.500. The maximum Gasteiger partial charge on any atom is 0.235 e. The molecule has 1 aromatic carbocycles. The molecule has 0 N–H and O–H groups in total. The van der Waals surface area contributed by atoms with E-state index in [2.05, 4.69) is 15.5 Å². The van der Waals surface area contributed by atoms with Crippen molar-refractivity contribution >= 4 is 17.7 Å². The summed E-state index contributed by atoms with van der Waals surface area (Å²) in [5.74, 6) is 0.978. The third-order valence-corrected chi connectivity index (χ3v) is 5.10. The van der Waals surface area contributed by atoms with Crippen molar-refractivity contribution < 1.29 is 9.53 Å². The van der Waals surface area contributed by atoms with Gasteiger partial charge in [-0.2, -0.15) is 0 Å². The van der Waals surface area contributed by atoms with Crippen LogP contribution in [0.1, 0.15) is 25.3 Å². The lowest BCUT2D eigenvalue weighted by molar-refractivity contribution is -0.129. The van der Waals surface area contributed by atoms with Gasteiger partial charge in [0.1, 0.15) is 5.75 Å². The van der Waals surface area contributed by atoms with E-state index in [4.69, 9.17) is 4.74 Å². The fourth-order valence-corrected chi connectivity index (χ4v) is 3.56. The minimum absolute atomic E-state index is 0.163. The van der Waals surface area contributed by atoms with E-state index in [0.717, 1.165) is 37.2 Å². The highest BCUT2D eigenvalue weighted by Gasteiger charge is 2.25. The first-order valence-corrected chi connectivity index (χ1v) is 8.90. The molecule has 3 rings (SSSR count). The normalized spacial score (nSPS) is 15.5. The molecule has 1 aliphatic rings. The highest BCUT2D eigenvalue weighted by atomic mass is 32.2. The summed E-state index contributed by atoms with van der Waals surface area (Å²) < 4.78 is 6.88. The summed E-state index contributed by atoms with van der Waals surface area (Å²) >= 11 is 1.41. The Morgan fingerprint density at radius 3 is 2.67 bits per heavy atom. The van der Waals surface area contributed by atoms with Crippen LogP contribution < -0.4 is 4.74 Å². The predicted molar refractivity (Wildman–Crippen MR) is 91.0 cm³/mol. The monoisotopic (exact) mass is 347 g/mol. The molecule has 1 aromatic heterocycles. The van der Waals surface area contributed by atoms with Crippen LogP contribution in [0.3, 0.4) is 0 Å². The number of thioether (sulfide) groups is 1. The zero-order chi connectivity index (χ0) is 16.9. The van der Waals surface area contributed by atoms with Crippen molar-refractivity contribution in [3.05, 3.63) is 29.8 Å². The van der Waals surface area contributed by atoms with E-state index in [1.807, 2.05) is 36.1 Å². The number of aromatic nitrogens is 4. The second-order valence-corrected chi connectivity index (χ2v) is 7.07. The van der Waals surface area contributed by atoms with E-state index in [1.54, 1.807) is 11.8 Å². The van der Waals surface area contributed by atoms with Crippen molar-refractivity contribution in [2.75, 3.05) is 20.2 Å². The van der Waals surface area contributed by atoms with E-state index < -0.39 is 0 Å². The molecule has 1 aliphatic heterocycles. The summed E-state index contributed by atoms with van der Waals surface area (Å²) in [5.41, 5.74) is 1.07. The number of carbonyl (C=O) groups excluding carboxylic acids is 1. The molecule has 2 aromatic rings. The molecule has 8 heteroatoms.